The molecule has 4 rings (SSSR count). The van der Waals surface area contributed by atoms with Crippen molar-refractivity contribution in [3.05, 3.63) is 70.7 Å². The summed E-state index contributed by atoms with van der Waals surface area (Å²) in [6, 6.07) is 11.7. The van der Waals surface area contributed by atoms with Crippen molar-refractivity contribution in [3.8, 4) is 5.69 Å². The third-order valence-corrected chi connectivity index (χ3v) is 5.26. The summed E-state index contributed by atoms with van der Waals surface area (Å²) in [7, 11) is 0. The van der Waals surface area contributed by atoms with Crippen LogP contribution in [0.25, 0.3) is 5.69 Å². The molecule has 0 radical (unpaired) electrons. The highest BCUT2D eigenvalue weighted by molar-refractivity contribution is 7.07. The SMILES string of the molecule is O=C(c1ccc(-n2cccn2)cc1)N1CCN(Cc2ccsc2)CC1. The van der Waals surface area contributed by atoms with Crippen LogP contribution in [0.4, 0.5) is 0 Å². The van der Waals surface area contributed by atoms with E-state index in [4.69, 9.17) is 0 Å². The first-order chi connectivity index (χ1) is 12.3. The summed E-state index contributed by atoms with van der Waals surface area (Å²) < 4.78 is 1.79. The lowest BCUT2D eigenvalue weighted by Gasteiger charge is -2.34. The average molecular weight is 352 g/mol. The average Bonchev–Trinajstić information content (AvgIpc) is 3.36. The van der Waals surface area contributed by atoms with E-state index >= 15 is 0 Å². The molecule has 0 aliphatic carbocycles. The zero-order valence-electron chi connectivity index (χ0n) is 13.9. The predicted octanol–water partition coefficient (Wildman–Crippen LogP) is 2.89. The van der Waals surface area contributed by atoms with Crippen LogP contribution in [0.2, 0.25) is 0 Å². The Hall–Kier alpha value is -2.44. The zero-order valence-corrected chi connectivity index (χ0v) is 14.7. The molecule has 1 aliphatic heterocycles. The second kappa shape index (κ2) is 7.21. The fourth-order valence-corrected chi connectivity index (χ4v) is 3.77. The van der Waals surface area contributed by atoms with Gasteiger partial charge in [0.25, 0.3) is 5.91 Å². The molecule has 0 N–H and O–H groups in total. The number of thiophene rings is 1. The van der Waals surface area contributed by atoms with Crippen LogP contribution in [0.1, 0.15) is 15.9 Å². The molecule has 6 heteroatoms. The highest BCUT2D eigenvalue weighted by Gasteiger charge is 2.22. The Morgan fingerprint density at radius 3 is 2.52 bits per heavy atom. The number of rotatable bonds is 4. The summed E-state index contributed by atoms with van der Waals surface area (Å²) >= 11 is 1.73. The van der Waals surface area contributed by atoms with Gasteiger partial charge in [0.05, 0.1) is 5.69 Å². The van der Waals surface area contributed by atoms with Crippen LogP contribution in [-0.4, -0.2) is 51.7 Å². The Morgan fingerprint density at radius 1 is 1.08 bits per heavy atom. The van der Waals surface area contributed by atoms with Gasteiger partial charge in [0.1, 0.15) is 0 Å². The van der Waals surface area contributed by atoms with Crippen molar-refractivity contribution >= 4 is 17.2 Å². The molecule has 25 heavy (non-hydrogen) atoms. The minimum Gasteiger partial charge on any atom is -0.336 e. The molecule has 1 amide bonds. The van der Waals surface area contributed by atoms with Gasteiger partial charge in [0.15, 0.2) is 0 Å². The molecule has 128 valence electrons. The molecule has 1 aromatic carbocycles. The fourth-order valence-electron chi connectivity index (χ4n) is 3.11. The lowest BCUT2D eigenvalue weighted by atomic mass is 10.1. The van der Waals surface area contributed by atoms with Crippen LogP contribution in [0.15, 0.2) is 59.6 Å². The third-order valence-electron chi connectivity index (χ3n) is 4.53. The molecule has 0 atom stereocenters. The molecule has 0 bridgehead atoms. The Balaban J connectivity index is 1.35. The van der Waals surface area contributed by atoms with Gasteiger partial charge in [-0.05, 0) is 52.7 Å². The molecule has 1 aliphatic rings. The van der Waals surface area contributed by atoms with Crippen molar-refractivity contribution in [2.45, 2.75) is 6.54 Å². The quantitative estimate of drug-likeness (QED) is 0.725. The molecule has 1 fully saturated rings. The molecule has 3 heterocycles. The van der Waals surface area contributed by atoms with Crippen molar-refractivity contribution in [2.75, 3.05) is 26.2 Å². The molecule has 0 saturated carbocycles. The zero-order chi connectivity index (χ0) is 17.1. The summed E-state index contributed by atoms with van der Waals surface area (Å²) in [6.07, 6.45) is 3.64. The van der Waals surface area contributed by atoms with E-state index in [1.807, 2.05) is 41.4 Å². The van der Waals surface area contributed by atoms with Gasteiger partial charge in [-0.25, -0.2) is 4.68 Å². The fraction of sp³-hybridized carbons (Fsp3) is 0.263. The number of carbonyl (C=O) groups excluding carboxylic acids is 1. The molecule has 5 nitrogen and oxygen atoms in total. The molecule has 3 aromatic rings. The number of aromatic nitrogens is 2. The van der Waals surface area contributed by atoms with Gasteiger partial charge in [0.2, 0.25) is 0 Å². The van der Waals surface area contributed by atoms with Gasteiger partial charge in [-0.3, -0.25) is 9.69 Å². The lowest BCUT2D eigenvalue weighted by molar-refractivity contribution is 0.0628. The minimum absolute atomic E-state index is 0.113. The van der Waals surface area contributed by atoms with Gasteiger partial charge in [-0.1, -0.05) is 0 Å². The van der Waals surface area contributed by atoms with Crippen LogP contribution in [0.5, 0.6) is 0 Å². The second-order valence-corrected chi connectivity index (χ2v) is 6.98. The van der Waals surface area contributed by atoms with Crippen molar-refractivity contribution in [2.24, 2.45) is 0 Å². The number of piperazine rings is 1. The van der Waals surface area contributed by atoms with Crippen LogP contribution in [0, 0.1) is 0 Å². The normalized spacial score (nSPS) is 15.4. The van der Waals surface area contributed by atoms with Crippen molar-refractivity contribution in [3.63, 3.8) is 0 Å². The van der Waals surface area contributed by atoms with E-state index in [1.165, 1.54) is 5.56 Å². The van der Waals surface area contributed by atoms with Gasteiger partial charge < -0.3 is 4.90 Å². The van der Waals surface area contributed by atoms with Crippen molar-refractivity contribution in [1.82, 2.24) is 19.6 Å². The van der Waals surface area contributed by atoms with Gasteiger partial charge >= 0.3 is 0 Å². The number of benzene rings is 1. The molecular weight excluding hydrogens is 332 g/mol. The third kappa shape index (κ3) is 3.65. The van der Waals surface area contributed by atoms with E-state index in [2.05, 4.69) is 26.8 Å². The minimum atomic E-state index is 0.113. The predicted molar refractivity (Wildman–Crippen MR) is 99.1 cm³/mol. The number of nitrogens with zero attached hydrogens (tertiary/aromatic N) is 4. The first-order valence-corrected chi connectivity index (χ1v) is 9.37. The molecule has 1 saturated heterocycles. The van der Waals surface area contributed by atoms with Crippen LogP contribution >= 0.6 is 11.3 Å². The van der Waals surface area contributed by atoms with E-state index in [1.54, 1.807) is 22.2 Å². The number of hydrogen-bond donors (Lipinski definition) is 0. The Kier molecular flexibility index (Phi) is 4.63. The molecule has 0 spiro atoms. The van der Waals surface area contributed by atoms with Crippen LogP contribution < -0.4 is 0 Å². The summed E-state index contributed by atoms with van der Waals surface area (Å²) in [6.45, 7) is 4.39. The van der Waals surface area contributed by atoms with Crippen molar-refractivity contribution < 1.29 is 4.79 Å². The van der Waals surface area contributed by atoms with E-state index < -0.39 is 0 Å². The highest BCUT2D eigenvalue weighted by atomic mass is 32.1. The number of carbonyl (C=O) groups is 1. The smallest absolute Gasteiger partial charge is 0.253 e. The Labute approximate surface area is 151 Å². The summed E-state index contributed by atoms with van der Waals surface area (Å²) in [5.41, 5.74) is 3.06. The lowest BCUT2D eigenvalue weighted by Crippen LogP contribution is -2.48. The van der Waals surface area contributed by atoms with Gasteiger partial charge in [-0.2, -0.15) is 16.4 Å². The van der Waals surface area contributed by atoms with Gasteiger partial charge in [0, 0.05) is 50.7 Å². The second-order valence-electron chi connectivity index (χ2n) is 6.20. The van der Waals surface area contributed by atoms with E-state index in [-0.39, 0.29) is 5.91 Å². The summed E-state index contributed by atoms with van der Waals surface area (Å²) in [5, 5.41) is 8.51. The number of amides is 1. The van der Waals surface area contributed by atoms with E-state index in [0.29, 0.717) is 0 Å². The van der Waals surface area contributed by atoms with E-state index in [0.717, 1.165) is 44.0 Å². The molecule has 2 aromatic heterocycles. The maximum absolute atomic E-state index is 12.7. The monoisotopic (exact) mass is 352 g/mol. The van der Waals surface area contributed by atoms with Crippen LogP contribution in [-0.2, 0) is 6.54 Å². The largest absolute Gasteiger partial charge is 0.336 e. The maximum atomic E-state index is 12.7. The van der Waals surface area contributed by atoms with Crippen molar-refractivity contribution in [1.29, 1.82) is 0 Å². The topological polar surface area (TPSA) is 41.4 Å². The number of hydrogen-bond acceptors (Lipinski definition) is 4. The first kappa shape index (κ1) is 16.1. The Morgan fingerprint density at radius 2 is 1.88 bits per heavy atom. The highest BCUT2D eigenvalue weighted by Crippen LogP contribution is 2.15. The maximum Gasteiger partial charge on any atom is 0.253 e. The molecule has 0 unspecified atom stereocenters. The summed E-state index contributed by atoms with van der Waals surface area (Å²) in [4.78, 5) is 17.1. The van der Waals surface area contributed by atoms with Gasteiger partial charge in [-0.15, -0.1) is 0 Å². The standard InChI is InChI=1S/C19H20N4OS/c24-19(17-2-4-18(5-3-17)23-8-1-7-20-23)22-11-9-21(10-12-22)14-16-6-13-25-15-16/h1-8,13,15H,9-12,14H2. The summed E-state index contributed by atoms with van der Waals surface area (Å²) in [5.74, 6) is 0.113. The van der Waals surface area contributed by atoms with E-state index in [9.17, 15) is 4.79 Å². The van der Waals surface area contributed by atoms with Crippen LogP contribution in [0.3, 0.4) is 0 Å². The Bertz CT molecular complexity index is 804. The molecular formula is C19H20N4OS. The first-order valence-electron chi connectivity index (χ1n) is 8.42.